The minimum Gasteiger partial charge on any atom is -0.353 e. The summed E-state index contributed by atoms with van der Waals surface area (Å²) in [4.78, 5) is 14.1. The molecule has 1 aliphatic heterocycles. The van der Waals surface area contributed by atoms with Gasteiger partial charge in [-0.2, -0.15) is 5.10 Å². The largest absolute Gasteiger partial charge is 0.353 e. The van der Waals surface area contributed by atoms with Gasteiger partial charge in [0.25, 0.3) is 0 Å². The van der Waals surface area contributed by atoms with Gasteiger partial charge in [-0.1, -0.05) is 17.7 Å². The zero-order valence-electron chi connectivity index (χ0n) is 19.4. The van der Waals surface area contributed by atoms with E-state index >= 15 is 0 Å². The first-order chi connectivity index (χ1) is 17.0. The molecular formula is C25H24ClFN8. The zero-order chi connectivity index (χ0) is 24.1. The van der Waals surface area contributed by atoms with Crippen molar-refractivity contribution in [2.24, 2.45) is 0 Å². The molecule has 178 valence electrons. The molecule has 1 aliphatic rings. The van der Waals surface area contributed by atoms with E-state index in [1.807, 2.05) is 35.7 Å². The zero-order valence-corrected chi connectivity index (χ0v) is 20.1. The summed E-state index contributed by atoms with van der Waals surface area (Å²) < 4.78 is 16.7. The van der Waals surface area contributed by atoms with Crippen LogP contribution in [0.3, 0.4) is 0 Å². The molecule has 1 fully saturated rings. The molecule has 2 N–H and O–H groups in total. The molecule has 5 aromatic rings. The Morgan fingerprint density at radius 2 is 1.91 bits per heavy atom. The fourth-order valence-electron chi connectivity index (χ4n) is 4.47. The van der Waals surface area contributed by atoms with Crippen LogP contribution in [0.1, 0.15) is 5.69 Å². The lowest BCUT2D eigenvalue weighted by Gasteiger charge is -2.33. The van der Waals surface area contributed by atoms with Gasteiger partial charge in [-0.25, -0.2) is 14.4 Å². The number of rotatable bonds is 4. The summed E-state index contributed by atoms with van der Waals surface area (Å²) in [5, 5.41) is 12.0. The summed E-state index contributed by atoms with van der Waals surface area (Å²) in [6.07, 6.45) is 3.73. The van der Waals surface area contributed by atoms with Crippen LogP contribution in [-0.4, -0.2) is 62.7 Å². The van der Waals surface area contributed by atoms with Crippen molar-refractivity contribution in [1.29, 1.82) is 0 Å². The molecule has 35 heavy (non-hydrogen) atoms. The number of anilines is 3. The molecule has 0 aliphatic carbocycles. The topological polar surface area (TPSA) is 77.4 Å². The molecule has 10 heteroatoms. The van der Waals surface area contributed by atoms with Crippen LogP contribution in [0.2, 0.25) is 5.02 Å². The quantitative estimate of drug-likeness (QED) is 0.374. The van der Waals surface area contributed by atoms with Crippen LogP contribution in [0.5, 0.6) is 0 Å². The Hall–Kier alpha value is -3.69. The number of hydrogen-bond donors (Lipinski definition) is 2. The Kier molecular flexibility index (Phi) is 5.31. The summed E-state index contributed by atoms with van der Waals surface area (Å²) >= 11 is 5.99. The van der Waals surface area contributed by atoms with E-state index in [0.29, 0.717) is 27.9 Å². The lowest BCUT2D eigenvalue weighted by atomic mass is 10.1. The number of aromatic nitrogens is 5. The van der Waals surface area contributed by atoms with Gasteiger partial charge >= 0.3 is 0 Å². The van der Waals surface area contributed by atoms with E-state index < -0.39 is 5.82 Å². The predicted molar refractivity (Wildman–Crippen MR) is 137 cm³/mol. The predicted octanol–water partition coefficient (Wildman–Crippen LogP) is 4.87. The summed E-state index contributed by atoms with van der Waals surface area (Å²) in [6, 6.07) is 10.6. The summed E-state index contributed by atoms with van der Waals surface area (Å²) in [6.45, 7) is 5.71. The maximum absolute atomic E-state index is 14.8. The number of halogens is 2. The molecule has 0 radical (unpaired) electrons. The Morgan fingerprint density at radius 1 is 1.09 bits per heavy atom. The van der Waals surface area contributed by atoms with Crippen molar-refractivity contribution in [3.63, 3.8) is 0 Å². The van der Waals surface area contributed by atoms with Gasteiger partial charge in [0.1, 0.15) is 23.1 Å². The molecule has 0 unspecified atom stereocenters. The van der Waals surface area contributed by atoms with Crippen molar-refractivity contribution in [3.8, 4) is 11.3 Å². The van der Waals surface area contributed by atoms with E-state index in [1.54, 1.807) is 18.3 Å². The number of H-pyrrole nitrogens is 1. The summed E-state index contributed by atoms with van der Waals surface area (Å²) in [7, 11) is 2.12. The number of aryl methyl sites for hydroxylation is 1. The highest BCUT2D eigenvalue weighted by Crippen LogP contribution is 2.34. The van der Waals surface area contributed by atoms with Gasteiger partial charge in [0.15, 0.2) is 5.65 Å². The van der Waals surface area contributed by atoms with Crippen molar-refractivity contribution >= 4 is 45.5 Å². The van der Waals surface area contributed by atoms with Crippen molar-refractivity contribution in [2.75, 3.05) is 43.4 Å². The molecule has 0 amide bonds. The van der Waals surface area contributed by atoms with Crippen LogP contribution in [0.25, 0.3) is 27.8 Å². The van der Waals surface area contributed by atoms with E-state index in [-0.39, 0.29) is 0 Å². The second-order valence-electron chi connectivity index (χ2n) is 8.90. The Labute approximate surface area is 206 Å². The third kappa shape index (κ3) is 3.96. The second-order valence-corrected chi connectivity index (χ2v) is 9.34. The molecule has 0 bridgehead atoms. The van der Waals surface area contributed by atoms with Gasteiger partial charge in [0.2, 0.25) is 0 Å². The van der Waals surface area contributed by atoms with Crippen molar-refractivity contribution < 1.29 is 4.39 Å². The van der Waals surface area contributed by atoms with Gasteiger partial charge in [-0.3, -0.25) is 9.50 Å². The number of aromatic amines is 1. The molecule has 0 spiro atoms. The van der Waals surface area contributed by atoms with Gasteiger partial charge in [-0.05, 0) is 44.3 Å². The number of nitrogens with one attached hydrogen (secondary N) is 2. The third-order valence-corrected chi connectivity index (χ3v) is 6.76. The second kappa shape index (κ2) is 8.51. The average molecular weight is 491 g/mol. The van der Waals surface area contributed by atoms with Crippen LogP contribution in [0, 0.1) is 12.7 Å². The van der Waals surface area contributed by atoms with Crippen molar-refractivity contribution in [2.45, 2.75) is 6.92 Å². The normalized spacial score (nSPS) is 14.8. The smallest absolute Gasteiger partial charge is 0.157 e. The standard InChI is InChI=1S/C25H24ClFN8/c1-15-18-11-16(3-5-20(18)32-31-15)24-25(29-21-6-4-17(26)12-19(21)27)35-14-23(28-13-22(35)30-24)34-9-7-33(2)8-10-34/h3-6,11-14,29H,7-10H2,1-2H3,(H,31,32). The number of imidazole rings is 1. The summed E-state index contributed by atoms with van der Waals surface area (Å²) in [5.74, 6) is 1.07. The monoisotopic (exact) mass is 490 g/mol. The molecule has 0 atom stereocenters. The third-order valence-electron chi connectivity index (χ3n) is 6.52. The molecular weight excluding hydrogens is 467 g/mol. The Bertz CT molecular complexity index is 1550. The van der Waals surface area contributed by atoms with E-state index in [9.17, 15) is 4.39 Å². The van der Waals surface area contributed by atoms with Crippen molar-refractivity contribution in [3.05, 3.63) is 65.3 Å². The average Bonchev–Trinajstić information content (AvgIpc) is 3.41. The van der Waals surface area contributed by atoms with E-state index in [1.165, 1.54) is 6.07 Å². The molecule has 6 rings (SSSR count). The molecule has 0 saturated carbocycles. The fraction of sp³-hybridized carbons (Fsp3) is 0.240. The lowest BCUT2D eigenvalue weighted by Crippen LogP contribution is -2.44. The van der Waals surface area contributed by atoms with Gasteiger partial charge in [-0.15, -0.1) is 0 Å². The highest BCUT2D eigenvalue weighted by molar-refractivity contribution is 6.30. The molecule has 1 saturated heterocycles. The molecule has 4 heterocycles. The SMILES string of the molecule is Cc1[nH]nc2ccc(-c3nc4cnc(N5CCN(C)CC5)cn4c3Nc3ccc(Cl)cc3F)cc12. The van der Waals surface area contributed by atoms with Gasteiger partial charge in [0, 0.05) is 47.8 Å². The van der Waals surface area contributed by atoms with Crippen LogP contribution in [0.4, 0.5) is 21.7 Å². The number of piperazine rings is 1. The first-order valence-corrected chi connectivity index (χ1v) is 11.8. The van der Waals surface area contributed by atoms with Crippen LogP contribution in [-0.2, 0) is 0 Å². The van der Waals surface area contributed by atoms with Gasteiger partial charge in [0.05, 0.1) is 23.6 Å². The minimum atomic E-state index is -0.437. The first-order valence-electron chi connectivity index (χ1n) is 11.4. The number of hydrogen-bond acceptors (Lipinski definition) is 6. The van der Waals surface area contributed by atoms with Crippen molar-refractivity contribution in [1.82, 2.24) is 29.5 Å². The van der Waals surface area contributed by atoms with Gasteiger partial charge < -0.3 is 15.1 Å². The first kappa shape index (κ1) is 21.8. The highest BCUT2D eigenvalue weighted by Gasteiger charge is 2.20. The number of fused-ring (bicyclic) bond motifs is 2. The lowest BCUT2D eigenvalue weighted by molar-refractivity contribution is 0.312. The number of benzene rings is 2. The summed E-state index contributed by atoms with van der Waals surface area (Å²) in [5.41, 5.74) is 4.42. The highest BCUT2D eigenvalue weighted by atomic mass is 35.5. The maximum atomic E-state index is 14.8. The van der Waals surface area contributed by atoms with Crippen LogP contribution in [0.15, 0.2) is 48.8 Å². The maximum Gasteiger partial charge on any atom is 0.157 e. The fourth-order valence-corrected chi connectivity index (χ4v) is 4.63. The number of nitrogens with zero attached hydrogens (tertiary/aromatic N) is 6. The molecule has 2 aromatic carbocycles. The Morgan fingerprint density at radius 3 is 2.71 bits per heavy atom. The molecule has 3 aromatic heterocycles. The van der Waals surface area contributed by atoms with E-state index in [0.717, 1.165) is 54.2 Å². The minimum absolute atomic E-state index is 0.316. The van der Waals surface area contributed by atoms with E-state index in [4.69, 9.17) is 16.6 Å². The van der Waals surface area contributed by atoms with Crippen LogP contribution >= 0.6 is 11.6 Å². The number of likely N-dealkylation sites (N-methyl/N-ethyl adjacent to an activating group) is 1. The molecule has 8 nitrogen and oxygen atoms in total. The Balaban J connectivity index is 1.51. The van der Waals surface area contributed by atoms with Crippen LogP contribution < -0.4 is 10.2 Å². The van der Waals surface area contributed by atoms with E-state index in [2.05, 4.69) is 37.3 Å².